The molecular weight excluding hydrogens is 370 g/mol. The molecule has 2 saturated heterocycles. The van der Waals surface area contributed by atoms with E-state index in [4.69, 9.17) is 4.74 Å². The van der Waals surface area contributed by atoms with Crippen molar-refractivity contribution in [3.05, 3.63) is 17.7 Å². The summed E-state index contributed by atoms with van der Waals surface area (Å²) in [6.07, 6.45) is 5.74. The highest BCUT2D eigenvalue weighted by Gasteiger charge is 2.35. The van der Waals surface area contributed by atoms with Gasteiger partial charge >= 0.3 is 0 Å². The van der Waals surface area contributed by atoms with Crippen molar-refractivity contribution in [2.45, 2.75) is 45.6 Å². The fourth-order valence-electron chi connectivity index (χ4n) is 4.61. The molecule has 1 aromatic rings. The van der Waals surface area contributed by atoms with Crippen LogP contribution in [0, 0.1) is 22.7 Å². The van der Waals surface area contributed by atoms with E-state index in [9.17, 15) is 14.9 Å². The number of imidazole rings is 1. The van der Waals surface area contributed by atoms with Gasteiger partial charge in [-0.25, -0.2) is 4.98 Å². The van der Waals surface area contributed by atoms with E-state index >= 15 is 0 Å². The van der Waals surface area contributed by atoms with Crippen molar-refractivity contribution < 1.29 is 14.3 Å². The third kappa shape index (κ3) is 4.15. The van der Waals surface area contributed by atoms with Gasteiger partial charge < -0.3 is 19.1 Å². The normalized spacial score (nSPS) is 25.8. The molecule has 1 atom stereocenters. The first-order valence-corrected chi connectivity index (χ1v) is 10.6. The van der Waals surface area contributed by atoms with Crippen LogP contribution in [0.4, 0.5) is 0 Å². The molecule has 0 N–H and O–H groups in total. The fourth-order valence-corrected chi connectivity index (χ4v) is 4.61. The summed E-state index contributed by atoms with van der Waals surface area (Å²) in [5.41, 5.74) is -0.0261. The Bertz CT molecular complexity index is 797. The topological polar surface area (TPSA) is 91.5 Å². The number of ether oxygens (including phenoxy) is 1. The molecule has 0 aliphatic carbocycles. The summed E-state index contributed by atoms with van der Waals surface area (Å²) in [6.45, 7) is 6.31. The molecule has 1 aromatic heterocycles. The van der Waals surface area contributed by atoms with Crippen molar-refractivity contribution in [1.29, 1.82) is 5.26 Å². The van der Waals surface area contributed by atoms with Crippen molar-refractivity contribution >= 4 is 11.8 Å². The van der Waals surface area contributed by atoms with Gasteiger partial charge in [0.2, 0.25) is 5.91 Å². The summed E-state index contributed by atoms with van der Waals surface area (Å²) in [5, 5.41) is 9.40. The van der Waals surface area contributed by atoms with E-state index in [-0.39, 0.29) is 17.7 Å². The molecule has 0 bridgehead atoms. The molecule has 8 nitrogen and oxygen atoms in total. The Labute approximate surface area is 171 Å². The Hall–Kier alpha value is -2.40. The minimum absolute atomic E-state index is 0.0693. The molecule has 8 heteroatoms. The lowest BCUT2D eigenvalue weighted by atomic mass is 9.83. The molecule has 2 amide bonds. The second-order valence-electron chi connectivity index (χ2n) is 8.70. The monoisotopic (exact) mass is 399 g/mol. The Morgan fingerprint density at radius 3 is 2.76 bits per heavy atom. The fraction of sp³-hybridized carbons (Fsp3) is 0.714. The van der Waals surface area contributed by atoms with Gasteiger partial charge in [-0.1, -0.05) is 0 Å². The average Bonchev–Trinajstić information content (AvgIpc) is 3.06. The number of likely N-dealkylation sites (tertiary alicyclic amines) is 1. The Balaban J connectivity index is 1.40. The first-order chi connectivity index (χ1) is 14.0. The summed E-state index contributed by atoms with van der Waals surface area (Å²) in [6, 6.07) is 2.35. The number of nitrogens with zero attached hydrogens (tertiary/aromatic N) is 5. The summed E-state index contributed by atoms with van der Waals surface area (Å²) in [5.74, 6) is 1.05. The van der Waals surface area contributed by atoms with Crippen LogP contribution in [0.5, 0.6) is 0 Å². The number of carbonyl (C=O) groups excluding carboxylic acids is 2. The number of hydrogen-bond acceptors (Lipinski definition) is 5. The second kappa shape index (κ2) is 8.15. The van der Waals surface area contributed by atoms with E-state index in [1.54, 1.807) is 4.90 Å². The Morgan fingerprint density at radius 2 is 2.00 bits per heavy atom. The van der Waals surface area contributed by atoms with Crippen LogP contribution in [0.25, 0.3) is 0 Å². The molecule has 0 saturated carbocycles. The van der Waals surface area contributed by atoms with Crippen LogP contribution in [0.3, 0.4) is 0 Å². The minimum Gasteiger partial charge on any atom is -0.381 e. The number of aromatic nitrogens is 2. The average molecular weight is 399 g/mol. The lowest BCUT2D eigenvalue weighted by Gasteiger charge is -2.35. The molecule has 3 aliphatic rings. The van der Waals surface area contributed by atoms with Gasteiger partial charge in [0.25, 0.3) is 5.91 Å². The number of carbonyl (C=O) groups is 2. The third-order valence-electron chi connectivity index (χ3n) is 6.43. The number of amides is 2. The van der Waals surface area contributed by atoms with Crippen LogP contribution in [0.15, 0.2) is 6.20 Å². The highest BCUT2D eigenvalue weighted by atomic mass is 16.5. The number of hydrogen-bond donors (Lipinski definition) is 0. The van der Waals surface area contributed by atoms with Gasteiger partial charge in [0.1, 0.15) is 11.5 Å². The highest BCUT2D eigenvalue weighted by molar-refractivity contribution is 5.92. The van der Waals surface area contributed by atoms with Gasteiger partial charge in [-0.05, 0) is 32.6 Å². The molecule has 2 fully saturated rings. The van der Waals surface area contributed by atoms with Gasteiger partial charge in [-0.2, -0.15) is 5.26 Å². The summed E-state index contributed by atoms with van der Waals surface area (Å²) in [4.78, 5) is 34.1. The zero-order valence-electron chi connectivity index (χ0n) is 17.1. The molecule has 0 spiro atoms. The van der Waals surface area contributed by atoms with Crippen LogP contribution in [-0.4, -0.2) is 70.6 Å². The number of nitriles is 1. The summed E-state index contributed by atoms with van der Waals surface area (Å²) in [7, 11) is 0. The SMILES string of the molecule is CC1(C#N)CCCN(C(=O)c2cn3c(n2)CCN(C(=O)C2CCOCC2)CC3)C1. The van der Waals surface area contributed by atoms with Gasteiger partial charge in [0.15, 0.2) is 0 Å². The Morgan fingerprint density at radius 1 is 1.21 bits per heavy atom. The first kappa shape index (κ1) is 19.9. The zero-order valence-corrected chi connectivity index (χ0v) is 17.1. The largest absolute Gasteiger partial charge is 0.381 e. The quantitative estimate of drug-likeness (QED) is 0.751. The van der Waals surface area contributed by atoms with Crippen molar-refractivity contribution in [1.82, 2.24) is 19.4 Å². The van der Waals surface area contributed by atoms with Crippen LogP contribution in [-0.2, 0) is 22.5 Å². The van der Waals surface area contributed by atoms with E-state index in [0.717, 1.165) is 31.5 Å². The third-order valence-corrected chi connectivity index (χ3v) is 6.43. The minimum atomic E-state index is -0.476. The van der Waals surface area contributed by atoms with Crippen LogP contribution in [0.1, 0.15) is 48.9 Å². The van der Waals surface area contributed by atoms with E-state index in [1.165, 1.54) is 0 Å². The molecule has 29 heavy (non-hydrogen) atoms. The highest BCUT2D eigenvalue weighted by Crippen LogP contribution is 2.29. The zero-order chi connectivity index (χ0) is 20.4. The molecule has 156 valence electrons. The van der Waals surface area contributed by atoms with Gasteiger partial charge in [0.05, 0.1) is 11.5 Å². The predicted octanol–water partition coefficient (Wildman–Crippen LogP) is 1.46. The van der Waals surface area contributed by atoms with Crippen LogP contribution < -0.4 is 0 Å². The number of fused-ring (bicyclic) bond motifs is 1. The molecular formula is C21H29N5O3. The lowest BCUT2D eigenvalue weighted by Crippen LogP contribution is -2.44. The Kier molecular flexibility index (Phi) is 5.59. The molecule has 4 heterocycles. The van der Waals surface area contributed by atoms with Gasteiger partial charge in [-0.15, -0.1) is 0 Å². The number of piperidine rings is 1. The summed E-state index contributed by atoms with van der Waals surface area (Å²) >= 11 is 0. The smallest absolute Gasteiger partial charge is 0.274 e. The van der Waals surface area contributed by atoms with Crippen molar-refractivity contribution in [3.63, 3.8) is 0 Å². The van der Waals surface area contributed by atoms with Crippen molar-refractivity contribution in [2.75, 3.05) is 39.4 Å². The lowest BCUT2D eigenvalue weighted by molar-refractivity contribution is -0.138. The van der Waals surface area contributed by atoms with Crippen LogP contribution >= 0.6 is 0 Å². The molecule has 0 radical (unpaired) electrons. The van der Waals surface area contributed by atoms with Gasteiger partial charge in [-0.3, -0.25) is 9.59 Å². The molecule has 0 aromatic carbocycles. The van der Waals surface area contributed by atoms with E-state index < -0.39 is 5.41 Å². The predicted molar refractivity (Wildman–Crippen MR) is 105 cm³/mol. The maximum atomic E-state index is 13.0. The number of rotatable bonds is 2. The van der Waals surface area contributed by atoms with Crippen molar-refractivity contribution in [2.24, 2.45) is 11.3 Å². The van der Waals surface area contributed by atoms with Crippen LogP contribution in [0.2, 0.25) is 0 Å². The second-order valence-corrected chi connectivity index (χ2v) is 8.70. The van der Waals surface area contributed by atoms with Gasteiger partial charge in [0, 0.05) is 64.5 Å². The maximum Gasteiger partial charge on any atom is 0.274 e. The molecule has 4 rings (SSSR count). The molecule has 3 aliphatic heterocycles. The van der Waals surface area contributed by atoms with E-state index in [1.807, 2.05) is 22.6 Å². The molecule has 1 unspecified atom stereocenters. The standard InChI is InChI=1S/C21H29N5O3/c1-21(14-22)6-2-7-26(15-21)20(28)17-13-25-10-9-24(8-3-18(25)23-17)19(27)16-4-11-29-12-5-16/h13,16H,2-12,15H2,1H3. The summed E-state index contributed by atoms with van der Waals surface area (Å²) < 4.78 is 7.38. The van der Waals surface area contributed by atoms with E-state index in [0.29, 0.717) is 58.1 Å². The first-order valence-electron chi connectivity index (χ1n) is 10.6. The maximum absolute atomic E-state index is 13.0. The van der Waals surface area contributed by atoms with Crippen molar-refractivity contribution in [3.8, 4) is 6.07 Å². The van der Waals surface area contributed by atoms with E-state index in [2.05, 4.69) is 11.1 Å².